The van der Waals surface area contributed by atoms with Gasteiger partial charge in [-0.05, 0) is 48.3 Å². The van der Waals surface area contributed by atoms with Gasteiger partial charge in [0, 0.05) is 54.2 Å². The van der Waals surface area contributed by atoms with E-state index >= 15 is 0 Å². The van der Waals surface area contributed by atoms with Crippen LogP contribution in [0.1, 0.15) is 23.2 Å². The first-order chi connectivity index (χ1) is 12.7. The van der Waals surface area contributed by atoms with E-state index in [4.69, 9.17) is 4.99 Å². The normalized spacial score (nSPS) is 16.9. The van der Waals surface area contributed by atoms with Crippen LogP contribution in [0.5, 0.6) is 0 Å². The fourth-order valence-corrected chi connectivity index (χ4v) is 4.41. The Morgan fingerprint density at radius 1 is 1.41 bits per heavy atom. The predicted octanol–water partition coefficient (Wildman–Crippen LogP) is 4.21. The molecule has 1 fully saturated rings. The van der Waals surface area contributed by atoms with Crippen LogP contribution in [0, 0.1) is 6.92 Å². The van der Waals surface area contributed by atoms with Crippen LogP contribution in [0.2, 0.25) is 0 Å². The van der Waals surface area contributed by atoms with Crippen molar-refractivity contribution < 1.29 is 0 Å². The molecule has 2 aromatic rings. The molecule has 1 aromatic carbocycles. The summed E-state index contributed by atoms with van der Waals surface area (Å²) in [4.78, 5) is 12.8. The zero-order valence-corrected chi connectivity index (χ0v) is 20.5. The second-order valence-corrected chi connectivity index (χ2v) is 8.58. The number of rotatable bonds is 6. The Labute approximate surface area is 191 Å². The SMILES string of the molecule is CCNC(=NCCc1ncc(C)s1)NC1CCN(c2ccccc2Br)C1.I. The molecular weight excluding hydrogens is 537 g/mol. The molecule has 0 radical (unpaired) electrons. The van der Waals surface area contributed by atoms with Crippen LogP contribution in [-0.4, -0.2) is 43.2 Å². The van der Waals surface area contributed by atoms with Crippen LogP contribution in [0.4, 0.5) is 5.69 Å². The third-order valence-corrected chi connectivity index (χ3v) is 5.97. The van der Waals surface area contributed by atoms with Gasteiger partial charge in [-0.2, -0.15) is 0 Å². The Morgan fingerprint density at radius 3 is 2.93 bits per heavy atom. The smallest absolute Gasteiger partial charge is 0.191 e. The molecule has 0 saturated carbocycles. The first-order valence-corrected chi connectivity index (χ1v) is 10.7. The number of nitrogens with zero attached hydrogens (tertiary/aromatic N) is 3. The maximum absolute atomic E-state index is 4.73. The molecule has 1 aliphatic rings. The maximum atomic E-state index is 4.73. The van der Waals surface area contributed by atoms with E-state index in [2.05, 4.69) is 74.6 Å². The number of anilines is 1. The van der Waals surface area contributed by atoms with Crippen molar-refractivity contribution in [3.05, 3.63) is 44.8 Å². The van der Waals surface area contributed by atoms with E-state index in [1.54, 1.807) is 11.3 Å². The summed E-state index contributed by atoms with van der Waals surface area (Å²) in [5, 5.41) is 8.11. The molecular formula is C19H27BrIN5S. The Kier molecular flexibility index (Phi) is 9.31. The fourth-order valence-electron chi connectivity index (χ4n) is 3.10. The van der Waals surface area contributed by atoms with Crippen molar-refractivity contribution in [3.63, 3.8) is 0 Å². The van der Waals surface area contributed by atoms with Crippen molar-refractivity contribution in [2.75, 3.05) is 31.1 Å². The molecule has 1 aromatic heterocycles. The molecule has 0 aliphatic carbocycles. The average molecular weight is 564 g/mol. The highest BCUT2D eigenvalue weighted by atomic mass is 127. The molecule has 8 heteroatoms. The highest BCUT2D eigenvalue weighted by Gasteiger charge is 2.24. The fraction of sp³-hybridized carbons (Fsp3) is 0.474. The molecule has 3 rings (SSSR count). The van der Waals surface area contributed by atoms with Crippen LogP contribution in [-0.2, 0) is 6.42 Å². The molecule has 2 heterocycles. The summed E-state index contributed by atoms with van der Waals surface area (Å²) in [5.41, 5.74) is 1.26. The number of benzene rings is 1. The lowest BCUT2D eigenvalue weighted by Crippen LogP contribution is -2.44. The first kappa shape index (κ1) is 22.4. The van der Waals surface area contributed by atoms with E-state index in [0.717, 1.165) is 54.5 Å². The second kappa shape index (κ2) is 11.2. The summed E-state index contributed by atoms with van der Waals surface area (Å²) in [7, 11) is 0. The zero-order valence-electron chi connectivity index (χ0n) is 15.7. The van der Waals surface area contributed by atoms with Gasteiger partial charge in [0.2, 0.25) is 0 Å². The largest absolute Gasteiger partial charge is 0.368 e. The van der Waals surface area contributed by atoms with Gasteiger partial charge in [-0.15, -0.1) is 35.3 Å². The van der Waals surface area contributed by atoms with Crippen molar-refractivity contribution >= 4 is 62.9 Å². The number of hydrogen-bond donors (Lipinski definition) is 2. The highest BCUT2D eigenvalue weighted by Crippen LogP contribution is 2.28. The summed E-state index contributed by atoms with van der Waals surface area (Å²) >= 11 is 5.41. The van der Waals surface area contributed by atoms with Gasteiger partial charge in [0.15, 0.2) is 5.96 Å². The summed E-state index contributed by atoms with van der Waals surface area (Å²) in [6, 6.07) is 8.82. The number of hydrogen-bond acceptors (Lipinski definition) is 4. The third-order valence-electron chi connectivity index (χ3n) is 4.33. The Morgan fingerprint density at radius 2 is 2.22 bits per heavy atom. The number of guanidine groups is 1. The van der Waals surface area contributed by atoms with E-state index in [9.17, 15) is 0 Å². The van der Waals surface area contributed by atoms with Gasteiger partial charge in [-0.25, -0.2) is 4.98 Å². The maximum Gasteiger partial charge on any atom is 0.191 e. The van der Waals surface area contributed by atoms with Crippen LogP contribution >= 0.6 is 51.2 Å². The number of aromatic nitrogens is 1. The monoisotopic (exact) mass is 563 g/mol. The Bertz CT molecular complexity index is 751. The van der Waals surface area contributed by atoms with Crippen LogP contribution in [0.15, 0.2) is 39.9 Å². The van der Waals surface area contributed by atoms with Crippen molar-refractivity contribution in [1.29, 1.82) is 0 Å². The minimum Gasteiger partial charge on any atom is -0.368 e. The number of nitrogens with one attached hydrogen (secondary N) is 2. The Hall–Kier alpha value is -0.870. The van der Waals surface area contributed by atoms with Crippen LogP contribution in [0.3, 0.4) is 0 Å². The molecule has 1 atom stereocenters. The van der Waals surface area contributed by atoms with Gasteiger partial charge in [0.1, 0.15) is 0 Å². The minimum atomic E-state index is 0. The van der Waals surface area contributed by atoms with Gasteiger partial charge < -0.3 is 15.5 Å². The molecule has 1 unspecified atom stereocenters. The lowest BCUT2D eigenvalue weighted by Gasteiger charge is -2.21. The number of para-hydroxylation sites is 1. The standard InChI is InChI=1S/C19H26BrN5S.HI/c1-3-21-19(22-10-8-18-23-12-14(2)26-18)24-15-9-11-25(13-15)17-7-5-4-6-16(17)20;/h4-7,12,15H,3,8-11,13H2,1-2H3,(H2,21,22,24);1H. The highest BCUT2D eigenvalue weighted by molar-refractivity contribution is 14.0. The van der Waals surface area contributed by atoms with Crippen molar-refractivity contribution in [2.45, 2.75) is 32.7 Å². The van der Waals surface area contributed by atoms with Gasteiger partial charge >= 0.3 is 0 Å². The van der Waals surface area contributed by atoms with Gasteiger partial charge in [0.05, 0.1) is 10.7 Å². The summed E-state index contributed by atoms with van der Waals surface area (Å²) in [6.07, 6.45) is 3.93. The van der Waals surface area contributed by atoms with E-state index < -0.39 is 0 Å². The van der Waals surface area contributed by atoms with Gasteiger partial charge in [-0.3, -0.25) is 4.99 Å². The van der Waals surface area contributed by atoms with Gasteiger partial charge in [0.25, 0.3) is 0 Å². The van der Waals surface area contributed by atoms with Crippen LogP contribution < -0.4 is 15.5 Å². The molecule has 0 amide bonds. The number of aryl methyl sites for hydroxylation is 1. The van der Waals surface area contributed by atoms with E-state index in [1.165, 1.54) is 10.6 Å². The number of thiazole rings is 1. The van der Waals surface area contributed by atoms with Crippen molar-refractivity contribution in [1.82, 2.24) is 15.6 Å². The molecule has 0 bridgehead atoms. The van der Waals surface area contributed by atoms with E-state index in [0.29, 0.717) is 6.04 Å². The number of halogens is 2. The molecule has 2 N–H and O–H groups in total. The first-order valence-electron chi connectivity index (χ1n) is 9.11. The minimum absolute atomic E-state index is 0. The van der Waals surface area contributed by atoms with E-state index in [-0.39, 0.29) is 24.0 Å². The lowest BCUT2D eigenvalue weighted by molar-refractivity contribution is 0.649. The average Bonchev–Trinajstić information content (AvgIpc) is 3.25. The van der Waals surface area contributed by atoms with E-state index in [1.807, 2.05) is 6.20 Å². The molecule has 148 valence electrons. The zero-order chi connectivity index (χ0) is 18.4. The van der Waals surface area contributed by atoms with Crippen molar-refractivity contribution in [3.8, 4) is 0 Å². The van der Waals surface area contributed by atoms with Crippen LogP contribution in [0.25, 0.3) is 0 Å². The summed E-state index contributed by atoms with van der Waals surface area (Å²) in [5.74, 6) is 0.903. The summed E-state index contributed by atoms with van der Waals surface area (Å²) in [6.45, 7) is 7.85. The molecule has 1 aliphatic heterocycles. The predicted molar refractivity (Wildman–Crippen MR) is 130 cm³/mol. The molecule has 0 spiro atoms. The third kappa shape index (κ3) is 6.60. The number of aliphatic imine (C=N–C) groups is 1. The second-order valence-electron chi connectivity index (χ2n) is 6.40. The quantitative estimate of drug-likeness (QED) is 0.314. The molecule has 5 nitrogen and oxygen atoms in total. The van der Waals surface area contributed by atoms with Crippen molar-refractivity contribution in [2.24, 2.45) is 4.99 Å². The van der Waals surface area contributed by atoms with Gasteiger partial charge in [-0.1, -0.05) is 12.1 Å². The Balaban J connectivity index is 0.00000261. The summed E-state index contributed by atoms with van der Waals surface area (Å²) < 4.78 is 1.15. The topological polar surface area (TPSA) is 52.6 Å². The molecule has 1 saturated heterocycles. The lowest BCUT2D eigenvalue weighted by atomic mass is 10.3. The molecule has 27 heavy (non-hydrogen) atoms.